The molecular weight excluding hydrogens is 198 g/mol. The molecule has 0 aromatic carbocycles. The highest BCUT2D eigenvalue weighted by Crippen LogP contribution is 2.09. The van der Waals surface area contributed by atoms with Crippen molar-refractivity contribution in [3.63, 3.8) is 0 Å². The molecule has 0 aliphatic heterocycles. The molecular formula is C10H20NO4+. The van der Waals surface area contributed by atoms with E-state index in [4.69, 9.17) is 9.47 Å². The van der Waals surface area contributed by atoms with Crippen LogP contribution in [0.15, 0.2) is 0 Å². The highest BCUT2D eigenvalue weighted by molar-refractivity contribution is 5.73. The van der Waals surface area contributed by atoms with Crippen LogP contribution in [-0.2, 0) is 14.3 Å². The molecule has 0 fully saturated rings. The van der Waals surface area contributed by atoms with Crippen LogP contribution in [0.4, 0.5) is 4.79 Å². The molecule has 0 saturated carbocycles. The molecule has 0 atom stereocenters. The number of quaternary nitrogens is 1. The lowest BCUT2D eigenvalue weighted by atomic mass is 10.3. The van der Waals surface area contributed by atoms with Gasteiger partial charge in [-0.3, -0.25) is 0 Å². The zero-order chi connectivity index (χ0) is 11.9. The van der Waals surface area contributed by atoms with E-state index in [1.165, 1.54) is 7.11 Å². The van der Waals surface area contributed by atoms with Crippen LogP contribution in [-0.4, -0.2) is 49.9 Å². The van der Waals surface area contributed by atoms with Gasteiger partial charge in [-0.15, -0.1) is 0 Å². The lowest BCUT2D eigenvalue weighted by Gasteiger charge is -2.30. The van der Waals surface area contributed by atoms with Crippen LogP contribution in [0, 0.1) is 0 Å². The van der Waals surface area contributed by atoms with Crippen LogP contribution in [0.25, 0.3) is 0 Å². The third-order valence-electron chi connectivity index (χ3n) is 2.51. The molecule has 0 unspecified atom stereocenters. The molecule has 0 aromatic heterocycles. The summed E-state index contributed by atoms with van der Waals surface area (Å²) in [7, 11) is 1.33. The zero-order valence-electron chi connectivity index (χ0n) is 9.91. The van der Waals surface area contributed by atoms with Crippen molar-refractivity contribution < 1.29 is 23.5 Å². The summed E-state index contributed by atoms with van der Waals surface area (Å²) < 4.78 is 9.52. The third kappa shape index (κ3) is 3.51. The molecule has 15 heavy (non-hydrogen) atoms. The van der Waals surface area contributed by atoms with Gasteiger partial charge in [0.05, 0.1) is 26.8 Å². The molecule has 0 aliphatic carbocycles. The Morgan fingerprint density at radius 2 is 1.67 bits per heavy atom. The average molecular weight is 218 g/mol. The Labute approximate surface area is 90.5 Å². The summed E-state index contributed by atoms with van der Waals surface area (Å²) in [6.07, 6.45) is -0.395. The van der Waals surface area contributed by atoms with Gasteiger partial charge in [0, 0.05) is 0 Å². The van der Waals surface area contributed by atoms with Gasteiger partial charge in [-0.25, -0.2) is 9.28 Å². The number of carbonyl (C=O) groups is 2. The number of esters is 1. The van der Waals surface area contributed by atoms with E-state index in [1.807, 2.05) is 13.8 Å². The lowest BCUT2D eigenvalue weighted by molar-refractivity contribution is -0.846. The van der Waals surface area contributed by atoms with E-state index in [-0.39, 0.29) is 17.0 Å². The number of hydrogen-bond acceptors (Lipinski definition) is 4. The number of amides is 1. The second-order valence-electron chi connectivity index (χ2n) is 3.21. The van der Waals surface area contributed by atoms with E-state index >= 15 is 0 Å². The summed E-state index contributed by atoms with van der Waals surface area (Å²) in [5, 5.41) is 0. The summed E-state index contributed by atoms with van der Waals surface area (Å²) in [6, 6.07) is 0. The minimum absolute atomic E-state index is 0.0185. The van der Waals surface area contributed by atoms with Crippen molar-refractivity contribution in [2.75, 3.05) is 33.4 Å². The first-order chi connectivity index (χ1) is 7.06. The molecule has 5 heteroatoms. The topological polar surface area (TPSA) is 52.6 Å². The Kier molecular flexibility index (Phi) is 5.93. The van der Waals surface area contributed by atoms with E-state index in [1.54, 1.807) is 6.92 Å². The fraction of sp³-hybridized carbons (Fsp3) is 0.800. The maximum absolute atomic E-state index is 11.6. The highest BCUT2D eigenvalue weighted by Gasteiger charge is 2.37. The molecule has 0 bridgehead atoms. The standard InChI is InChI=1S/C10H20NO4/c1-5-11(6-2,10(13)14-4)8-9(12)15-7-3/h5-8H2,1-4H3/q+1. The van der Waals surface area contributed by atoms with Gasteiger partial charge in [0.25, 0.3) is 0 Å². The SMILES string of the molecule is CCOC(=O)C[N+](CC)(CC)C(=O)OC. The van der Waals surface area contributed by atoms with Gasteiger partial charge in [-0.2, -0.15) is 4.79 Å². The molecule has 1 amide bonds. The summed E-state index contributed by atoms with van der Waals surface area (Å²) in [5.74, 6) is -0.369. The van der Waals surface area contributed by atoms with Gasteiger partial charge < -0.3 is 9.47 Å². The van der Waals surface area contributed by atoms with E-state index in [0.717, 1.165) is 0 Å². The summed E-state index contributed by atoms with van der Waals surface area (Å²) in [5.41, 5.74) is 0. The van der Waals surface area contributed by atoms with Crippen LogP contribution in [0.5, 0.6) is 0 Å². The predicted molar refractivity (Wildman–Crippen MR) is 55.2 cm³/mol. The van der Waals surface area contributed by atoms with Crippen LogP contribution < -0.4 is 0 Å². The van der Waals surface area contributed by atoms with Crippen molar-refractivity contribution in [1.29, 1.82) is 0 Å². The second kappa shape index (κ2) is 6.40. The molecule has 0 aliphatic rings. The quantitative estimate of drug-likeness (QED) is 0.513. The fourth-order valence-electron chi connectivity index (χ4n) is 1.42. The Hall–Kier alpha value is -1.10. The van der Waals surface area contributed by atoms with Gasteiger partial charge in [-0.1, -0.05) is 0 Å². The van der Waals surface area contributed by atoms with Crippen molar-refractivity contribution >= 4 is 12.1 Å². The molecule has 88 valence electrons. The number of ether oxygens (including phenoxy) is 2. The van der Waals surface area contributed by atoms with Gasteiger partial charge >= 0.3 is 12.1 Å². The lowest BCUT2D eigenvalue weighted by Crippen LogP contribution is -2.55. The van der Waals surface area contributed by atoms with Gasteiger partial charge in [-0.05, 0) is 20.8 Å². The van der Waals surface area contributed by atoms with Crippen molar-refractivity contribution in [1.82, 2.24) is 0 Å². The summed E-state index contributed by atoms with van der Waals surface area (Å²) in [4.78, 5) is 22.9. The third-order valence-corrected chi connectivity index (χ3v) is 2.51. The number of methoxy groups -OCH3 is 1. The second-order valence-corrected chi connectivity index (χ2v) is 3.21. The van der Waals surface area contributed by atoms with Crippen molar-refractivity contribution in [2.45, 2.75) is 20.8 Å². The van der Waals surface area contributed by atoms with E-state index in [0.29, 0.717) is 19.7 Å². The van der Waals surface area contributed by atoms with Gasteiger partial charge in [0.15, 0.2) is 6.54 Å². The minimum atomic E-state index is -0.395. The monoisotopic (exact) mass is 218 g/mol. The number of hydrogen-bond donors (Lipinski definition) is 0. The number of likely N-dealkylation sites (N-methyl/N-ethyl adjacent to an activating group) is 1. The van der Waals surface area contributed by atoms with Crippen LogP contribution in [0.2, 0.25) is 0 Å². The Balaban J connectivity index is 4.63. The van der Waals surface area contributed by atoms with Gasteiger partial charge in [0.1, 0.15) is 0 Å². The van der Waals surface area contributed by atoms with Crippen LogP contribution in [0.1, 0.15) is 20.8 Å². The minimum Gasteiger partial charge on any atom is -0.462 e. The van der Waals surface area contributed by atoms with E-state index < -0.39 is 6.09 Å². The molecule has 0 radical (unpaired) electrons. The van der Waals surface area contributed by atoms with E-state index in [9.17, 15) is 9.59 Å². The molecule has 0 heterocycles. The maximum atomic E-state index is 11.6. The first kappa shape index (κ1) is 13.9. The Morgan fingerprint density at radius 1 is 1.13 bits per heavy atom. The van der Waals surface area contributed by atoms with Crippen LogP contribution >= 0.6 is 0 Å². The molecule has 0 aromatic rings. The van der Waals surface area contributed by atoms with Crippen LogP contribution in [0.3, 0.4) is 0 Å². The number of nitrogens with zero attached hydrogens (tertiary/aromatic N) is 1. The molecule has 0 N–H and O–H groups in total. The maximum Gasteiger partial charge on any atom is 0.516 e. The summed E-state index contributed by atoms with van der Waals surface area (Å²) >= 11 is 0. The highest BCUT2D eigenvalue weighted by atomic mass is 16.6. The number of rotatable bonds is 5. The largest absolute Gasteiger partial charge is 0.516 e. The Bertz CT molecular complexity index is 223. The molecule has 0 rings (SSSR count). The predicted octanol–water partition coefficient (Wildman–Crippen LogP) is 1.17. The normalized spacial score (nSPS) is 10.9. The van der Waals surface area contributed by atoms with Crippen molar-refractivity contribution in [3.05, 3.63) is 0 Å². The average Bonchev–Trinajstić information content (AvgIpc) is 2.25. The number of carbonyl (C=O) groups excluding carboxylic acids is 2. The van der Waals surface area contributed by atoms with E-state index in [2.05, 4.69) is 0 Å². The fourth-order valence-corrected chi connectivity index (χ4v) is 1.42. The molecule has 0 spiro atoms. The van der Waals surface area contributed by atoms with Crippen molar-refractivity contribution in [3.8, 4) is 0 Å². The first-order valence-corrected chi connectivity index (χ1v) is 5.16. The Morgan fingerprint density at radius 3 is 2.00 bits per heavy atom. The smallest absolute Gasteiger partial charge is 0.462 e. The van der Waals surface area contributed by atoms with Gasteiger partial charge in [0.2, 0.25) is 0 Å². The molecule has 0 saturated heterocycles. The summed E-state index contributed by atoms with van der Waals surface area (Å²) in [6.45, 7) is 6.83. The first-order valence-electron chi connectivity index (χ1n) is 5.16. The zero-order valence-corrected chi connectivity index (χ0v) is 9.91. The molecule has 5 nitrogen and oxygen atoms in total. The van der Waals surface area contributed by atoms with Crippen molar-refractivity contribution in [2.24, 2.45) is 0 Å².